The summed E-state index contributed by atoms with van der Waals surface area (Å²) in [5.41, 5.74) is 0.996. The van der Waals surface area contributed by atoms with Gasteiger partial charge >= 0.3 is 8.69 Å². The number of allylic oxidation sites excluding steroid dienone is 1. The molecule has 0 saturated heterocycles. The van der Waals surface area contributed by atoms with Crippen LogP contribution in [0.2, 0.25) is 0 Å². The van der Waals surface area contributed by atoms with Crippen molar-refractivity contribution in [3.63, 3.8) is 0 Å². The summed E-state index contributed by atoms with van der Waals surface area (Å²) in [6.07, 6.45) is 2.51. The first kappa shape index (κ1) is 8.95. The summed E-state index contributed by atoms with van der Waals surface area (Å²) in [6, 6.07) is 7.45. The van der Waals surface area contributed by atoms with Gasteiger partial charge in [0, 0.05) is 0 Å². The molecule has 0 heterocycles. The molecule has 0 unspecified atom stereocenters. The third-order valence-corrected chi connectivity index (χ3v) is 1.74. The van der Waals surface area contributed by atoms with Crippen LogP contribution in [0.5, 0.6) is 5.75 Å². The fourth-order valence-corrected chi connectivity index (χ4v) is 1.22. The molecule has 1 rings (SSSR count). The van der Waals surface area contributed by atoms with Gasteiger partial charge in [-0.3, -0.25) is 0 Å². The van der Waals surface area contributed by atoms with E-state index in [1.54, 1.807) is 12.1 Å². The molecule has 1 aromatic rings. The maximum absolute atomic E-state index is 10.2. The lowest BCUT2D eigenvalue weighted by atomic mass is 10.1. The Morgan fingerprint density at radius 1 is 1.50 bits per heavy atom. The number of para-hydroxylation sites is 1. The Hall–Kier alpha value is -1.14. The molecule has 0 fully saturated rings. The van der Waals surface area contributed by atoms with Crippen LogP contribution in [-0.2, 0) is 11.0 Å². The third-order valence-electron chi connectivity index (χ3n) is 1.47. The number of hydrogen-bond donors (Lipinski definition) is 0. The van der Waals surface area contributed by atoms with Crippen molar-refractivity contribution in [2.45, 2.75) is 6.42 Å². The molecule has 0 aromatic heterocycles. The summed E-state index contributed by atoms with van der Waals surface area (Å²) in [6.45, 7) is 3.62. The topological polar surface area (TPSA) is 26.3 Å². The van der Waals surface area contributed by atoms with Crippen LogP contribution in [0.25, 0.3) is 0 Å². The summed E-state index contributed by atoms with van der Waals surface area (Å²) in [5.74, 6) is 0.647. The maximum Gasteiger partial charge on any atom is 0.395 e. The molecule has 2 nitrogen and oxygen atoms in total. The Morgan fingerprint density at radius 2 is 2.25 bits per heavy atom. The van der Waals surface area contributed by atoms with Crippen LogP contribution in [0.15, 0.2) is 36.9 Å². The van der Waals surface area contributed by atoms with E-state index in [1.165, 1.54) is 0 Å². The molecule has 0 aliphatic heterocycles. The Balaban J connectivity index is 2.90. The zero-order valence-electron chi connectivity index (χ0n) is 6.56. The SMILES string of the molecule is C=CCc1ccccc1OP=O. The molecule has 62 valence electrons. The Morgan fingerprint density at radius 3 is 2.92 bits per heavy atom. The smallest absolute Gasteiger partial charge is 0.395 e. The first-order valence-electron chi connectivity index (χ1n) is 3.57. The van der Waals surface area contributed by atoms with E-state index in [0.29, 0.717) is 5.75 Å². The van der Waals surface area contributed by atoms with E-state index >= 15 is 0 Å². The molecule has 0 radical (unpaired) electrons. The van der Waals surface area contributed by atoms with Gasteiger partial charge in [-0.1, -0.05) is 24.3 Å². The van der Waals surface area contributed by atoms with Crippen LogP contribution in [0.3, 0.4) is 0 Å². The Kier molecular flexibility index (Phi) is 3.49. The summed E-state index contributed by atoms with van der Waals surface area (Å²) >= 11 is 0. The highest BCUT2D eigenvalue weighted by molar-refractivity contribution is 7.17. The third kappa shape index (κ3) is 2.18. The number of hydrogen-bond acceptors (Lipinski definition) is 2. The van der Waals surface area contributed by atoms with Gasteiger partial charge in [-0.2, -0.15) is 0 Å². The molecule has 3 heteroatoms. The lowest BCUT2D eigenvalue weighted by molar-refractivity contribution is 0.522. The molecule has 0 amide bonds. The van der Waals surface area contributed by atoms with E-state index in [1.807, 2.05) is 18.2 Å². The highest BCUT2D eigenvalue weighted by Gasteiger charge is 1.99. The van der Waals surface area contributed by atoms with Crippen molar-refractivity contribution < 1.29 is 9.09 Å². The summed E-state index contributed by atoms with van der Waals surface area (Å²) < 4.78 is 15.0. The molecule has 0 N–H and O–H groups in total. The van der Waals surface area contributed by atoms with Gasteiger partial charge in [0.2, 0.25) is 0 Å². The van der Waals surface area contributed by atoms with E-state index in [4.69, 9.17) is 4.52 Å². The first-order chi connectivity index (χ1) is 5.88. The minimum atomic E-state index is -0.319. The van der Waals surface area contributed by atoms with Crippen molar-refractivity contribution in [2.75, 3.05) is 0 Å². The van der Waals surface area contributed by atoms with Crippen molar-refractivity contribution >= 4 is 8.69 Å². The van der Waals surface area contributed by atoms with E-state index in [2.05, 4.69) is 6.58 Å². The standard InChI is InChI=1S/C9H9O2P/c1-2-5-8-6-3-4-7-9(8)11-12-10/h2-4,6-7H,1,5H2. The van der Waals surface area contributed by atoms with Crippen LogP contribution in [-0.4, -0.2) is 0 Å². The monoisotopic (exact) mass is 180 g/mol. The van der Waals surface area contributed by atoms with Crippen LogP contribution in [0.1, 0.15) is 5.56 Å². The minimum absolute atomic E-state index is 0.319. The lowest BCUT2D eigenvalue weighted by Gasteiger charge is -2.02. The molecule has 0 aliphatic carbocycles. The van der Waals surface area contributed by atoms with Crippen molar-refractivity contribution in [2.24, 2.45) is 0 Å². The van der Waals surface area contributed by atoms with Crippen molar-refractivity contribution in [3.05, 3.63) is 42.5 Å². The molecule has 12 heavy (non-hydrogen) atoms. The minimum Gasteiger partial charge on any atom is -0.407 e. The van der Waals surface area contributed by atoms with Crippen LogP contribution >= 0.6 is 8.69 Å². The highest BCUT2D eigenvalue weighted by Crippen LogP contribution is 2.21. The van der Waals surface area contributed by atoms with Crippen molar-refractivity contribution in [3.8, 4) is 5.75 Å². The molecular weight excluding hydrogens is 171 g/mol. The second-order valence-electron chi connectivity index (χ2n) is 2.27. The van der Waals surface area contributed by atoms with Gasteiger partial charge in [0.15, 0.2) is 0 Å². The average molecular weight is 180 g/mol. The van der Waals surface area contributed by atoms with Gasteiger partial charge in [-0.25, -0.2) is 4.57 Å². The summed E-state index contributed by atoms with van der Waals surface area (Å²) in [5, 5.41) is 0. The molecule has 0 aliphatic rings. The Labute approximate surface area is 73.2 Å². The highest BCUT2D eigenvalue weighted by atomic mass is 31.1. The lowest BCUT2D eigenvalue weighted by Crippen LogP contribution is -1.85. The van der Waals surface area contributed by atoms with E-state index < -0.39 is 0 Å². The fourth-order valence-electron chi connectivity index (χ4n) is 0.957. The van der Waals surface area contributed by atoms with Crippen LogP contribution < -0.4 is 4.52 Å². The molecule has 0 spiro atoms. The van der Waals surface area contributed by atoms with Crippen molar-refractivity contribution in [1.29, 1.82) is 0 Å². The number of benzene rings is 1. The van der Waals surface area contributed by atoms with Gasteiger partial charge in [0.1, 0.15) is 5.75 Å². The van der Waals surface area contributed by atoms with E-state index in [0.717, 1.165) is 12.0 Å². The van der Waals surface area contributed by atoms with E-state index in [9.17, 15) is 4.57 Å². The largest absolute Gasteiger partial charge is 0.407 e. The zero-order chi connectivity index (χ0) is 8.81. The zero-order valence-corrected chi connectivity index (χ0v) is 7.46. The van der Waals surface area contributed by atoms with Gasteiger partial charge in [0.05, 0.1) is 0 Å². The Bertz CT molecular complexity index is 255. The van der Waals surface area contributed by atoms with Gasteiger partial charge in [0.25, 0.3) is 0 Å². The second-order valence-corrected chi connectivity index (χ2v) is 2.60. The predicted molar refractivity (Wildman–Crippen MR) is 48.6 cm³/mol. The second kappa shape index (κ2) is 4.68. The van der Waals surface area contributed by atoms with Crippen molar-refractivity contribution in [1.82, 2.24) is 0 Å². The molecule has 0 saturated carbocycles. The fraction of sp³-hybridized carbons (Fsp3) is 0.111. The summed E-state index contributed by atoms with van der Waals surface area (Å²) in [7, 11) is -0.319. The number of rotatable bonds is 4. The molecule has 0 atom stereocenters. The van der Waals surface area contributed by atoms with Gasteiger partial charge < -0.3 is 4.52 Å². The molecular formula is C9H9O2P. The van der Waals surface area contributed by atoms with Crippen LogP contribution in [0.4, 0.5) is 0 Å². The molecule has 0 bridgehead atoms. The maximum atomic E-state index is 10.2. The summed E-state index contributed by atoms with van der Waals surface area (Å²) in [4.78, 5) is 0. The average Bonchev–Trinajstić information content (AvgIpc) is 2.09. The normalized spacial score (nSPS) is 9.67. The first-order valence-corrected chi connectivity index (χ1v) is 4.30. The van der Waals surface area contributed by atoms with Gasteiger partial charge in [-0.05, 0) is 18.1 Å². The quantitative estimate of drug-likeness (QED) is 0.525. The van der Waals surface area contributed by atoms with Crippen LogP contribution in [0, 0.1) is 0 Å². The van der Waals surface area contributed by atoms with E-state index in [-0.39, 0.29) is 8.69 Å². The van der Waals surface area contributed by atoms with Gasteiger partial charge in [-0.15, -0.1) is 6.58 Å². The molecule has 1 aromatic carbocycles. The predicted octanol–water partition coefficient (Wildman–Crippen LogP) is 3.00.